The molecule has 0 saturated carbocycles. The maximum absolute atomic E-state index is 13.5. The van der Waals surface area contributed by atoms with E-state index in [-0.39, 0.29) is 24.2 Å². The molecule has 1 aliphatic rings. The van der Waals surface area contributed by atoms with Crippen molar-refractivity contribution in [1.29, 1.82) is 0 Å². The summed E-state index contributed by atoms with van der Waals surface area (Å²) in [5.74, 6) is -0.557. The van der Waals surface area contributed by atoms with E-state index in [2.05, 4.69) is 36.2 Å². The van der Waals surface area contributed by atoms with Gasteiger partial charge in [0.2, 0.25) is 0 Å². The van der Waals surface area contributed by atoms with Gasteiger partial charge < -0.3 is 10.4 Å². The summed E-state index contributed by atoms with van der Waals surface area (Å²) in [6.07, 6.45) is 0.360. The first-order valence-electron chi connectivity index (χ1n) is 9.53. The van der Waals surface area contributed by atoms with E-state index in [0.29, 0.717) is 24.4 Å². The Labute approximate surface area is 170 Å². The lowest BCUT2D eigenvalue weighted by molar-refractivity contribution is -0.139. The molecule has 0 radical (unpaired) electrons. The number of benzene rings is 2. The number of β-amino-alcohol motifs (C(OH)–C–C–N with tert-alkyl or cyclic N) is 1. The van der Waals surface area contributed by atoms with Crippen LogP contribution in [0.1, 0.15) is 37.4 Å². The molecule has 1 heterocycles. The van der Waals surface area contributed by atoms with Crippen LogP contribution in [0.2, 0.25) is 5.02 Å². The summed E-state index contributed by atoms with van der Waals surface area (Å²) < 4.78 is 13.5. The van der Waals surface area contributed by atoms with Crippen LogP contribution in [0.25, 0.3) is 0 Å². The van der Waals surface area contributed by atoms with Crippen LogP contribution < -0.4 is 5.32 Å². The van der Waals surface area contributed by atoms with Gasteiger partial charge in [0.25, 0.3) is 5.91 Å². The lowest BCUT2D eigenvalue weighted by Gasteiger charge is -2.32. The number of rotatable bonds is 6. The Morgan fingerprint density at radius 3 is 2.64 bits per heavy atom. The molecule has 1 aliphatic heterocycles. The highest BCUT2D eigenvalue weighted by atomic mass is 35.5. The average Bonchev–Trinajstić information content (AvgIpc) is 3.02. The first kappa shape index (κ1) is 20.8. The highest BCUT2D eigenvalue weighted by molar-refractivity contribution is 6.30. The zero-order chi connectivity index (χ0) is 20.3. The van der Waals surface area contributed by atoms with Gasteiger partial charge in [-0.2, -0.15) is 0 Å². The van der Waals surface area contributed by atoms with Crippen LogP contribution in [0.3, 0.4) is 0 Å². The Kier molecular flexibility index (Phi) is 6.38. The van der Waals surface area contributed by atoms with E-state index in [9.17, 15) is 14.3 Å². The molecule has 28 heavy (non-hydrogen) atoms. The molecule has 0 aliphatic carbocycles. The molecule has 150 valence electrons. The number of hydrogen-bond donors (Lipinski definition) is 2. The molecule has 3 rings (SSSR count). The summed E-state index contributed by atoms with van der Waals surface area (Å²) in [6.45, 7) is 5.30. The number of aliphatic hydroxyl groups is 1. The van der Waals surface area contributed by atoms with Gasteiger partial charge in [0, 0.05) is 30.7 Å². The fraction of sp³-hybridized carbons (Fsp3) is 0.409. The molecule has 6 heteroatoms. The molecule has 0 aromatic heterocycles. The number of nitrogens with one attached hydrogen (secondary N) is 1. The zero-order valence-electron chi connectivity index (χ0n) is 16.2. The molecule has 2 N–H and O–H groups in total. The Bertz CT molecular complexity index is 810. The number of likely N-dealkylation sites (tertiary alicyclic amines) is 1. The maximum atomic E-state index is 13.5. The SMILES string of the molecule is CC(C)[C@@H](c1ccccc1)N1CC[C@@](O)(C(=O)NCc2cc(F)cc(Cl)c2)C1. The topological polar surface area (TPSA) is 52.6 Å². The summed E-state index contributed by atoms with van der Waals surface area (Å²) in [7, 11) is 0. The fourth-order valence-corrected chi connectivity index (χ4v) is 4.22. The van der Waals surface area contributed by atoms with E-state index in [4.69, 9.17) is 11.6 Å². The predicted octanol–water partition coefficient (Wildman–Crippen LogP) is 3.93. The third kappa shape index (κ3) is 4.72. The summed E-state index contributed by atoms with van der Waals surface area (Å²) in [6, 6.07) is 14.4. The van der Waals surface area contributed by atoms with E-state index in [1.807, 2.05) is 18.2 Å². The molecule has 0 unspecified atom stereocenters. The third-order valence-electron chi connectivity index (χ3n) is 5.24. The number of hydrogen-bond acceptors (Lipinski definition) is 3. The molecule has 2 aromatic carbocycles. The van der Waals surface area contributed by atoms with Gasteiger partial charge in [0.15, 0.2) is 5.60 Å². The number of carbonyl (C=O) groups excluding carboxylic acids is 1. The molecule has 1 amide bonds. The van der Waals surface area contributed by atoms with Crippen LogP contribution in [0.4, 0.5) is 4.39 Å². The smallest absolute Gasteiger partial charge is 0.253 e. The lowest BCUT2D eigenvalue weighted by atomic mass is 9.94. The molecule has 4 nitrogen and oxygen atoms in total. The Morgan fingerprint density at radius 2 is 2.00 bits per heavy atom. The van der Waals surface area contributed by atoms with Crippen LogP contribution in [0.5, 0.6) is 0 Å². The van der Waals surface area contributed by atoms with Gasteiger partial charge in [-0.25, -0.2) is 4.39 Å². The van der Waals surface area contributed by atoms with Crippen LogP contribution in [0, 0.1) is 11.7 Å². The van der Waals surface area contributed by atoms with E-state index in [1.165, 1.54) is 17.7 Å². The second kappa shape index (κ2) is 8.60. The van der Waals surface area contributed by atoms with Crippen molar-refractivity contribution in [3.63, 3.8) is 0 Å². The second-order valence-corrected chi connectivity index (χ2v) is 8.25. The fourth-order valence-electron chi connectivity index (χ4n) is 3.97. The van der Waals surface area contributed by atoms with E-state index in [1.54, 1.807) is 6.07 Å². The monoisotopic (exact) mass is 404 g/mol. The van der Waals surface area contributed by atoms with Crippen molar-refractivity contribution in [2.24, 2.45) is 5.92 Å². The third-order valence-corrected chi connectivity index (χ3v) is 5.46. The number of halogens is 2. The lowest BCUT2D eigenvalue weighted by Crippen LogP contribution is -2.49. The predicted molar refractivity (Wildman–Crippen MR) is 108 cm³/mol. The van der Waals surface area contributed by atoms with Crippen LogP contribution in [0.15, 0.2) is 48.5 Å². The van der Waals surface area contributed by atoms with Crippen molar-refractivity contribution < 1.29 is 14.3 Å². The van der Waals surface area contributed by atoms with Crippen molar-refractivity contribution in [2.75, 3.05) is 13.1 Å². The quantitative estimate of drug-likeness (QED) is 0.767. The van der Waals surface area contributed by atoms with Gasteiger partial charge in [-0.05, 0) is 41.7 Å². The Hall–Kier alpha value is -1.95. The molecule has 2 aromatic rings. The zero-order valence-corrected chi connectivity index (χ0v) is 16.9. The van der Waals surface area contributed by atoms with Crippen LogP contribution in [-0.2, 0) is 11.3 Å². The second-order valence-electron chi connectivity index (χ2n) is 7.81. The molecule has 1 saturated heterocycles. The average molecular weight is 405 g/mol. The normalized spacial score (nSPS) is 21.1. The molecule has 2 atom stereocenters. The summed E-state index contributed by atoms with van der Waals surface area (Å²) in [5, 5.41) is 13.9. The molecular formula is C22H26ClFN2O2. The first-order valence-corrected chi connectivity index (χ1v) is 9.91. The highest BCUT2D eigenvalue weighted by Crippen LogP contribution is 2.34. The van der Waals surface area contributed by atoms with E-state index >= 15 is 0 Å². The van der Waals surface area contributed by atoms with Gasteiger partial charge in [0.1, 0.15) is 5.82 Å². The summed E-state index contributed by atoms with van der Waals surface area (Å²) in [4.78, 5) is 14.8. The first-order chi connectivity index (χ1) is 13.3. The highest BCUT2D eigenvalue weighted by Gasteiger charge is 2.45. The van der Waals surface area contributed by atoms with Crippen molar-refractivity contribution in [1.82, 2.24) is 10.2 Å². The van der Waals surface area contributed by atoms with Gasteiger partial charge in [0.05, 0.1) is 0 Å². The van der Waals surface area contributed by atoms with Gasteiger partial charge in [-0.1, -0.05) is 55.8 Å². The van der Waals surface area contributed by atoms with Crippen LogP contribution >= 0.6 is 11.6 Å². The number of carbonyl (C=O) groups is 1. The molecule has 1 fully saturated rings. The number of nitrogens with zero attached hydrogens (tertiary/aromatic N) is 1. The Morgan fingerprint density at radius 1 is 1.29 bits per heavy atom. The summed E-state index contributed by atoms with van der Waals surface area (Å²) >= 11 is 5.85. The van der Waals surface area contributed by atoms with Crippen LogP contribution in [-0.4, -0.2) is 34.6 Å². The standard InChI is InChI=1S/C22H26ClFN2O2/c1-15(2)20(17-6-4-3-5-7-17)26-9-8-22(28,14-26)21(27)25-13-16-10-18(23)12-19(24)11-16/h3-7,10-12,15,20,28H,8-9,13-14H2,1-2H3,(H,25,27)/t20-,22-/m0/s1. The minimum absolute atomic E-state index is 0.116. The molecule has 0 spiro atoms. The van der Waals surface area contributed by atoms with Gasteiger partial charge in [-0.15, -0.1) is 0 Å². The van der Waals surface area contributed by atoms with Crippen molar-refractivity contribution in [3.8, 4) is 0 Å². The summed E-state index contributed by atoms with van der Waals surface area (Å²) in [5.41, 5.74) is 0.275. The maximum Gasteiger partial charge on any atom is 0.253 e. The van der Waals surface area contributed by atoms with Crippen molar-refractivity contribution >= 4 is 17.5 Å². The van der Waals surface area contributed by atoms with Gasteiger partial charge in [-0.3, -0.25) is 9.69 Å². The Balaban J connectivity index is 1.67. The van der Waals surface area contributed by atoms with Crippen molar-refractivity contribution in [2.45, 2.75) is 38.5 Å². The van der Waals surface area contributed by atoms with E-state index in [0.717, 1.165) is 0 Å². The minimum atomic E-state index is -1.46. The van der Waals surface area contributed by atoms with E-state index < -0.39 is 17.3 Å². The minimum Gasteiger partial charge on any atom is -0.379 e. The van der Waals surface area contributed by atoms with Gasteiger partial charge >= 0.3 is 0 Å². The molecular weight excluding hydrogens is 379 g/mol. The number of amides is 1. The largest absolute Gasteiger partial charge is 0.379 e. The van der Waals surface area contributed by atoms with Crippen molar-refractivity contribution in [3.05, 3.63) is 70.5 Å². The molecule has 0 bridgehead atoms.